The summed E-state index contributed by atoms with van der Waals surface area (Å²) in [6.07, 6.45) is 0.326. The fourth-order valence-corrected chi connectivity index (χ4v) is 2.43. The summed E-state index contributed by atoms with van der Waals surface area (Å²) in [5, 5.41) is 11.4. The van der Waals surface area contributed by atoms with E-state index in [1.165, 1.54) is 25.2 Å². The lowest BCUT2D eigenvalue weighted by Crippen LogP contribution is -2.24. The zero-order valence-electron chi connectivity index (χ0n) is 11.1. The molecule has 2 N–H and O–H groups in total. The van der Waals surface area contributed by atoms with E-state index in [0.717, 1.165) is 4.90 Å². The Hall–Kier alpha value is -2.70. The van der Waals surface area contributed by atoms with E-state index in [4.69, 9.17) is 5.11 Å². The molecule has 1 saturated carbocycles. The van der Waals surface area contributed by atoms with Crippen molar-refractivity contribution in [1.82, 2.24) is 4.90 Å². The van der Waals surface area contributed by atoms with Crippen molar-refractivity contribution in [3.8, 4) is 0 Å². The number of aliphatic carboxylic acids is 1. The number of imide groups is 1. The largest absolute Gasteiger partial charge is 0.481 e. The van der Waals surface area contributed by atoms with Gasteiger partial charge in [-0.15, -0.1) is 0 Å². The monoisotopic (exact) mass is 288 g/mol. The van der Waals surface area contributed by atoms with Gasteiger partial charge in [0.25, 0.3) is 11.8 Å². The van der Waals surface area contributed by atoms with Gasteiger partial charge in [0.05, 0.1) is 23.0 Å². The van der Waals surface area contributed by atoms with Gasteiger partial charge < -0.3 is 10.4 Å². The molecule has 1 aliphatic heterocycles. The van der Waals surface area contributed by atoms with Crippen LogP contribution >= 0.6 is 0 Å². The van der Waals surface area contributed by atoms with Crippen molar-refractivity contribution in [2.24, 2.45) is 11.8 Å². The van der Waals surface area contributed by atoms with E-state index in [9.17, 15) is 19.2 Å². The fraction of sp³-hybridized carbons (Fsp3) is 0.286. The van der Waals surface area contributed by atoms with E-state index in [0.29, 0.717) is 17.7 Å². The molecule has 0 bridgehead atoms. The number of carbonyl (C=O) groups is 4. The Morgan fingerprint density at radius 3 is 2.48 bits per heavy atom. The molecule has 7 nitrogen and oxygen atoms in total. The molecule has 2 atom stereocenters. The van der Waals surface area contributed by atoms with Gasteiger partial charge in [-0.2, -0.15) is 0 Å². The van der Waals surface area contributed by atoms with Crippen LogP contribution in [0.2, 0.25) is 0 Å². The number of benzene rings is 1. The molecular weight excluding hydrogens is 276 g/mol. The molecule has 0 radical (unpaired) electrons. The number of hydrogen-bond donors (Lipinski definition) is 2. The van der Waals surface area contributed by atoms with Gasteiger partial charge in [-0.1, -0.05) is 0 Å². The Balaban J connectivity index is 1.77. The molecule has 0 spiro atoms. The maximum Gasteiger partial charge on any atom is 0.307 e. The van der Waals surface area contributed by atoms with Crippen molar-refractivity contribution in [2.45, 2.75) is 6.42 Å². The molecule has 108 valence electrons. The maximum absolute atomic E-state index is 11.9. The molecule has 2 aliphatic rings. The summed E-state index contributed by atoms with van der Waals surface area (Å²) < 4.78 is 0. The van der Waals surface area contributed by atoms with E-state index >= 15 is 0 Å². The highest BCUT2D eigenvalue weighted by atomic mass is 16.4. The smallest absolute Gasteiger partial charge is 0.307 e. The van der Waals surface area contributed by atoms with Gasteiger partial charge >= 0.3 is 5.97 Å². The highest BCUT2D eigenvalue weighted by Crippen LogP contribution is 2.39. The van der Waals surface area contributed by atoms with Crippen molar-refractivity contribution >= 4 is 29.4 Å². The van der Waals surface area contributed by atoms with Gasteiger partial charge in [0.1, 0.15) is 0 Å². The van der Waals surface area contributed by atoms with Crippen LogP contribution in [0.5, 0.6) is 0 Å². The van der Waals surface area contributed by atoms with E-state index < -0.39 is 23.7 Å². The summed E-state index contributed by atoms with van der Waals surface area (Å²) in [6, 6.07) is 4.45. The van der Waals surface area contributed by atoms with Crippen LogP contribution < -0.4 is 5.32 Å². The normalized spacial score (nSPS) is 23.0. The minimum atomic E-state index is -0.980. The Kier molecular flexibility index (Phi) is 2.79. The van der Waals surface area contributed by atoms with E-state index in [-0.39, 0.29) is 17.4 Å². The highest BCUT2D eigenvalue weighted by Gasteiger charge is 2.48. The Morgan fingerprint density at radius 1 is 1.19 bits per heavy atom. The van der Waals surface area contributed by atoms with Crippen LogP contribution in [0.1, 0.15) is 27.1 Å². The molecule has 1 aromatic carbocycles. The predicted octanol–water partition coefficient (Wildman–Crippen LogP) is 0.572. The number of hydrogen-bond acceptors (Lipinski definition) is 4. The molecule has 1 heterocycles. The number of rotatable bonds is 3. The number of fused-ring (bicyclic) bond motifs is 1. The molecule has 1 aromatic rings. The second-order valence-corrected chi connectivity index (χ2v) is 5.21. The van der Waals surface area contributed by atoms with E-state index in [1.54, 1.807) is 0 Å². The molecule has 0 saturated heterocycles. The molecule has 3 rings (SSSR count). The summed E-state index contributed by atoms with van der Waals surface area (Å²) in [4.78, 5) is 47.2. The molecular formula is C14H12N2O5. The van der Waals surface area contributed by atoms with E-state index in [2.05, 4.69) is 5.32 Å². The zero-order valence-corrected chi connectivity index (χ0v) is 11.1. The lowest BCUT2D eigenvalue weighted by molar-refractivity contribution is -0.139. The number of carbonyl (C=O) groups excluding carboxylic acids is 3. The van der Waals surface area contributed by atoms with Gasteiger partial charge in [-0.05, 0) is 24.6 Å². The minimum Gasteiger partial charge on any atom is -0.481 e. The maximum atomic E-state index is 11.9. The first-order valence-corrected chi connectivity index (χ1v) is 6.40. The molecule has 0 unspecified atom stereocenters. The quantitative estimate of drug-likeness (QED) is 0.791. The topological polar surface area (TPSA) is 104 Å². The first kappa shape index (κ1) is 13.3. The Bertz CT molecular complexity index is 697. The second-order valence-electron chi connectivity index (χ2n) is 5.21. The first-order valence-electron chi connectivity index (χ1n) is 6.40. The molecule has 1 fully saturated rings. The molecule has 3 amide bonds. The summed E-state index contributed by atoms with van der Waals surface area (Å²) >= 11 is 0. The molecule has 21 heavy (non-hydrogen) atoms. The van der Waals surface area contributed by atoms with Gasteiger partial charge in [-0.25, -0.2) is 0 Å². The van der Waals surface area contributed by atoms with Crippen molar-refractivity contribution in [1.29, 1.82) is 0 Å². The third-order valence-electron chi connectivity index (χ3n) is 3.80. The first-order chi connectivity index (χ1) is 9.90. The average Bonchev–Trinajstić information content (AvgIpc) is 3.22. The number of nitrogens with zero attached hydrogens (tertiary/aromatic N) is 1. The zero-order chi connectivity index (χ0) is 15.3. The Labute approximate surface area is 119 Å². The highest BCUT2D eigenvalue weighted by molar-refractivity contribution is 6.21. The summed E-state index contributed by atoms with van der Waals surface area (Å²) in [5.41, 5.74) is 0.924. The molecule has 7 heteroatoms. The van der Waals surface area contributed by atoms with E-state index in [1.807, 2.05) is 0 Å². The number of nitrogens with one attached hydrogen (secondary N) is 1. The van der Waals surface area contributed by atoms with Crippen LogP contribution in [0.25, 0.3) is 0 Å². The Morgan fingerprint density at radius 2 is 1.86 bits per heavy atom. The molecule has 1 aliphatic carbocycles. The molecule has 0 aromatic heterocycles. The van der Waals surface area contributed by atoms with Crippen LogP contribution in [-0.4, -0.2) is 40.7 Å². The fourth-order valence-electron chi connectivity index (χ4n) is 2.43. The van der Waals surface area contributed by atoms with Crippen molar-refractivity contribution < 1.29 is 24.3 Å². The van der Waals surface area contributed by atoms with Crippen molar-refractivity contribution in [3.63, 3.8) is 0 Å². The van der Waals surface area contributed by atoms with Crippen molar-refractivity contribution in [3.05, 3.63) is 29.3 Å². The minimum absolute atomic E-state index is 0.242. The van der Waals surface area contributed by atoms with Gasteiger partial charge in [0.15, 0.2) is 0 Å². The summed E-state index contributed by atoms with van der Waals surface area (Å²) in [6.45, 7) is 0. The van der Waals surface area contributed by atoms with Gasteiger partial charge in [-0.3, -0.25) is 24.1 Å². The second kappa shape index (κ2) is 4.41. The predicted molar refractivity (Wildman–Crippen MR) is 70.7 cm³/mol. The summed E-state index contributed by atoms with van der Waals surface area (Å²) in [5.74, 6) is -3.31. The SMILES string of the molecule is CN1C(=O)c2ccc(NC(=O)[C@@H]3C[C@@H]3C(=O)O)cc2C1=O. The van der Waals surface area contributed by atoms with Crippen LogP contribution in [0.3, 0.4) is 0 Å². The lowest BCUT2D eigenvalue weighted by Gasteiger charge is -2.05. The number of carboxylic acid groups (broad SMARTS) is 1. The number of anilines is 1. The summed E-state index contributed by atoms with van der Waals surface area (Å²) in [7, 11) is 1.39. The average molecular weight is 288 g/mol. The third-order valence-corrected chi connectivity index (χ3v) is 3.80. The van der Waals surface area contributed by atoms with Crippen LogP contribution in [0.15, 0.2) is 18.2 Å². The number of carboxylic acids is 1. The van der Waals surface area contributed by atoms with Crippen LogP contribution in [0.4, 0.5) is 5.69 Å². The van der Waals surface area contributed by atoms with Crippen LogP contribution in [-0.2, 0) is 9.59 Å². The van der Waals surface area contributed by atoms with Crippen LogP contribution in [0, 0.1) is 11.8 Å². The third kappa shape index (κ3) is 2.06. The van der Waals surface area contributed by atoms with Crippen molar-refractivity contribution in [2.75, 3.05) is 12.4 Å². The van der Waals surface area contributed by atoms with Gasteiger partial charge in [0, 0.05) is 12.7 Å². The van der Waals surface area contributed by atoms with Gasteiger partial charge in [0.2, 0.25) is 5.91 Å². The number of amides is 3. The lowest BCUT2D eigenvalue weighted by atomic mass is 10.1. The standard InChI is InChI=1S/C14H12N2O5/c1-16-12(18)7-3-2-6(4-9(7)13(16)19)15-11(17)8-5-10(8)14(20)21/h2-4,8,10H,5H2,1H3,(H,15,17)(H,20,21)/t8-,10+/m1/s1.